The maximum absolute atomic E-state index is 13.9. The molecule has 1 saturated heterocycles. The van der Waals surface area contributed by atoms with E-state index in [0.29, 0.717) is 12.8 Å². The minimum Gasteiger partial charge on any atom is -0.467 e. The van der Waals surface area contributed by atoms with Crippen LogP contribution in [0.2, 0.25) is 0 Å². The van der Waals surface area contributed by atoms with Crippen LogP contribution in [0.25, 0.3) is 0 Å². The number of ether oxygens (including phenoxy) is 2. The number of alkyl halides is 2. The number of nitrogens with zero attached hydrogens (tertiary/aromatic N) is 1. The van der Waals surface area contributed by atoms with Crippen LogP contribution in [-0.4, -0.2) is 52.4 Å². The van der Waals surface area contributed by atoms with Crippen molar-refractivity contribution in [3.8, 4) is 0 Å². The number of rotatable bonds is 4. The number of amides is 1. The van der Waals surface area contributed by atoms with Crippen LogP contribution >= 0.6 is 22.6 Å². The molecule has 0 N–H and O–H groups in total. The lowest BCUT2D eigenvalue weighted by molar-refractivity contribution is -0.153. The molecule has 1 fully saturated rings. The number of halogens is 2. The molecule has 0 aromatic heterocycles. The van der Waals surface area contributed by atoms with E-state index in [1.807, 2.05) is 0 Å². The molecule has 0 aromatic carbocycles. The van der Waals surface area contributed by atoms with E-state index in [2.05, 4.69) is 22.6 Å². The second kappa shape index (κ2) is 7.11. The molecular weight excluding hydrogens is 392 g/mol. The molecule has 5 nitrogen and oxygen atoms in total. The zero-order valence-electron chi connectivity index (χ0n) is 12.9. The fraction of sp³-hybridized carbons (Fsp3) is 0.857. The molecule has 1 aliphatic rings. The van der Waals surface area contributed by atoms with Crippen molar-refractivity contribution >= 4 is 34.7 Å². The van der Waals surface area contributed by atoms with Gasteiger partial charge in [0.25, 0.3) is 0 Å². The molecule has 0 unspecified atom stereocenters. The molecule has 0 spiro atoms. The monoisotopic (exact) mass is 415 g/mol. The summed E-state index contributed by atoms with van der Waals surface area (Å²) in [5.74, 6) is -0.571. The lowest BCUT2D eigenvalue weighted by Gasteiger charge is -2.36. The molecule has 122 valence electrons. The van der Waals surface area contributed by atoms with Crippen LogP contribution in [0.1, 0.15) is 40.0 Å². The first-order valence-corrected chi connectivity index (χ1v) is 8.48. The van der Waals surface area contributed by atoms with Crippen molar-refractivity contribution in [1.82, 2.24) is 4.90 Å². The van der Waals surface area contributed by atoms with Gasteiger partial charge in [0.2, 0.25) is 0 Å². The fourth-order valence-electron chi connectivity index (χ4n) is 2.56. The summed E-state index contributed by atoms with van der Waals surface area (Å²) in [7, 11) is 1.26. The van der Waals surface area contributed by atoms with Gasteiger partial charge >= 0.3 is 12.1 Å². The van der Waals surface area contributed by atoms with Crippen molar-refractivity contribution in [1.29, 1.82) is 0 Å². The Balaban J connectivity index is 3.06. The van der Waals surface area contributed by atoms with Crippen LogP contribution < -0.4 is 0 Å². The number of methoxy groups -OCH3 is 1. The third-order valence-electron chi connectivity index (χ3n) is 3.36. The highest BCUT2D eigenvalue weighted by atomic mass is 127. The van der Waals surface area contributed by atoms with Gasteiger partial charge in [-0.3, -0.25) is 4.90 Å². The smallest absolute Gasteiger partial charge is 0.411 e. The topological polar surface area (TPSA) is 55.8 Å². The van der Waals surface area contributed by atoms with Crippen LogP contribution in [0, 0.1) is 0 Å². The van der Waals surface area contributed by atoms with Gasteiger partial charge in [-0.05, 0) is 38.0 Å². The fourth-order valence-corrected chi connectivity index (χ4v) is 2.94. The lowest BCUT2D eigenvalue weighted by atomic mass is 9.90. The molecule has 0 bridgehead atoms. The molecule has 0 saturated carbocycles. The molecular formula is C14H23FINO4. The third kappa shape index (κ3) is 4.43. The quantitative estimate of drug-likeness (QED) is 0.402. The van der Waals surface area contributed by atoms with Crippen LogP contribution in [0.15, 0.2) is 0 Å². The van der Waals surface area contributed by atoms with E-state index in [9.17, 15) is 14.0 Å². The van der Waals surface area contributed by atoms with Crippen molar-refractivity contribution in [3.05, 3.63) is 0 Å². The number of likely N-dealkylation sites (tertiary alicyclic amines) is 1. The highest BCUT2D eigenvalue weighted by Crippen LogP contribution is 2.37. The second-order valence-electron chi connectivity index (χ2n) is 6.21. The van der Waals surface area contributed by atoms with Gasteiger partial charge < -0.3 is 9.47 Å². The first-order chi connectivity index (χ1) is 9.66. The van der Waals surface area contributed by atoms with Gasteiger partial charge in [0.1, 0.15) is 17.3 Å². The molecule has 1 rings (SSSR count). The van der Waals surface area contributed by atoms with Crippen LogP contribution in [0.4, 0.5) is 9.18 Å². The summed E-state index contributed by atoms with van der Waals surface area (Å²) in [5, 5.41) is 0. The van der Waals surface area contributed by atoms with Gasteiger partial charge in [0.05, 0.1) is 13.7 Å². The Morgan fingerprint density at radius 1 is 1.43 bits per heavy atom. The highest BCUT2D eigenvalue weighted by Gasteiger charge is 2.55. The van der Waals surface area contributed by atoms with Crippen molar-refractivity contribution in [2.45, 2.75) is 57.3 Å². The number of esters is 1. The zero-order chi connectivity index (χ0) is 16.3. The van der Waals surface area contributed by atoms with Crippen molar-refractivity contribution in [2.75, 3.05) is 18.1 Å². The largest absolute Gasteiger partial charge is 0.467 e. The average molecular weight is 415 g/mol. The first kappa shape index (κ1) is 18.4. The van der Waals surface area contributed by atoms with E-state index in [0.717, 1.165) is 4.43 Å². The van der Waals surface area contributed by atoms with Gasteiger partial charge in [-0.2, -0.15) is 0 Å². The van der Waals surface area contributed by atoms with E-state index in [4.69, 9.17) is 9.47 Å². The summed E-state index contributed by atoms with van der Waals surface area (Å²) in [4.78, 5) is 25.8. The second-order valence-corrected chi connectivity index (χ2v) is 7.29. The predicted octanol–water partition coefficient (Wildman–Crippen LogP) is 3.09. The molecule has 0 radical (unpaired) electrons. The number of carbonyl (C=O) groups is 2. The normalized spacial score (nSPS) is 25.8. The summed E-state index contributed by atoms with van der Waals surface area (Å²) < 4.78 is 24.9. The molecule has 1 amide bonds. The van der Waals surface area contributed by atoms with Crippen molar-refractivity contribution in [3.63, 3.8) is 0 Å². The maximum Gasteiger partial charge on any atom is 0.411 e. The summed E-state index contributed by atoms with van der Waals surface area (Å²) in [6.45, 7) is 5.07. The molecule has 21 heavy (non-hydrogen) atoms. The van der Waals surface area contributed by atoms with Gasteiger partial charge in [0.15, 0.2) is 0 Å². The summed E-state index contributed by atoms with van der Waals surface area (Å²) in [6, 6.07) is 0. The Kier molecular flexibility index (Phi) is 6.24. The van der Waals surface area contributed by atoms with E-state index in [1.54, 1.807) is 20.8 Å². The summed E-state index contributed by atoms with van der Waals surface area (Å²) in [5.41, 5.74) is -1.95. The first-order valence-electron chi connectivity index (χ1n) is 6.95. The highest BCUT2D eigenvalue weighted by molar-refractivity contribution is 14.1. The summed E-state index contributed by atoms with van der Waals surface area (Å²) >= 11 is 2.19. The Bertz CT molecular complexity index is 399. The SMILES string of the molecule is COC(=O)[C@]1(CCCI)C[C@H](F)CN1C(=O)OC(C)(C)C. The number of hydrogen-bond acceptors (Lipinski definition) is 4. The third-order valence-corrected chi connectivity index (χ3v) is 4.12. The number of carbonyl (C=O) groups excluding carboxylic acids is 2. The molecule has 1 aliphatic heterocycles. The maximum atomic E-state index is 13.9. The van der Waals surface area contributed by atoms with Gasteiger partial charge in [-0.15, -0.1) is 0 Å². The van der Waals surface area contributed by atoms with E-state index < -0.39 is 29.4 Å². The Morgan fingerprint density at radius 3 is 2.52 bits per heavy atom. The van der Waals surface area contributed by atoms with E-state index in [-0.39, 0.29) is 13.0 Å². The van der Waals surface area contributed by atoms with Crippen LogP contribution in [-0.2, 0) is 14.3 Å². The molecule has 7 heteroatoms. The van der Waals surface area contributed by atoms with Crippen molar-refractivity contribution in [2.24, 2.45) is 0 Å². The Labute approximate surface area is 138 Å². The van der Waals surface area contributed by atoms with Crippen LogP contribution in [0.5, 0.6) is 0 Å². The average Bonchev–Trinajstić information content (AvgIpc) is 2.71. The lowest BCUT2D eigenvalue weighted by Crippen LogP contribution is -2.54. The standard InChI is InChI=1S/C14H23FINO4/c1-13(2,3)21-12(19)17-9-10(15)8-14(17,6-5-7-16)11(18)20-4/h10H,5-9H2,1-4H3/t10-,14-/m0/s1. The zero-order valence-corrected chi connectivity index (χ0v) is 15.1. The Morgan fingerprint density at radius 2 is 2.05 bits per heavy atom. The molecule has 1 heterocycles. The summed E-state index contributed by atoms with van der Waals surface area (Å²) in [6.07, 6.45) is -0.869. The molecule has 0 aliphatic carbocycles. The minimum absolute atomic E-state index is 0.0322. The minimum atomic E-state index is -1.25. The number of hydrogen-bond donors (Lipinski definition) is 0. The van der Waals surface area contributed by atoms with Crippen molar-refractivity contribution < 1.29 is 23.5 Å². The van der Waals surface area contributed by atoms with Gasteiger partial charge in [-0.25, -0.2) is 14.0 Å². The molecule has 2 atom stereocenters. The van der Waals surface area contributed by atoms with Gasteiger partial charge in [-0.1, -0.05) is 22.6 Å². The van der Waals surface area contributed by atoms with E-state index >= 15 is 0 Å². The predicted molar refractivity (Wildman–Crippen MR) is 85.3 cm³/mol. The Hall–Kier alpha value is -0.600. The molecule has 0 aromatic rings. The van der Waals surface area contributed by atoms with E-state index in [1.165, 1.54) is 12.0 Å². The van der Waals surface area contributed by atoms with Crippen LogP contribution in [0.3, 0.4) is 0 Å². The van der Waals surface area contributed by atoms with Gasteiger partial charge in [0, 0.05) is 6.42 Å².